The average Bonchev–Trinajstić information content (AvgIpc) is 3.30. The summed E-state index contributed by atoms with van der Waals surface area (Å²) < 4.78 is 12.0. The number of allylic oxidation sites excluding steroid dienone is 7. The van der Waals surface area contributed by atoms with Crippen LogP contribution in [0.5, 0.6) is 0 Å². The van der Waals surface area contributed by atoms with E-state index in [1.165, 1.54) is 6.08 Å². The van der Waals surface area contributed by atoms with Crippen molar-refractivity contribution < 1.29 is 29.6 Å². The number of rotatable bonds is 6. The van der Waals surface area contributed by atoms with Gasteiger partial charge >= 0.3 is 5.97 Å². The minimum absolute atomic E-state index is 0.0244. The summed E-state index contributed by atoms with van der Waals surface area (Å²) in [6, 6.07) is 0. The molecule has 2 rings (SSSR count). The van der Waals surface area contributed by atoms with Crippen LogP contribution in [0.4, 0.5) is 0 Å². The third kappa shape index (κ3) is 10.0. The fourth-order valence-corrected chi connectivity index (χ4v) is 4.43. The summed E-state index contributed by atoms with van der Waals surface area (Å²) in [6.45, 7) is 13.7. The molecule has 36 heavy (non-hydrogen) atoms. The zero-order valence-electron chi connectivity index (χ0n) is 22.0. The van der Waals surface area contributed by atoms with Gasteiger partial charge in [0.05, 0.1) is 18.1 Å². The van der Waals surface area contributed by atoms with E-state index in [9.17, 15) is 20.1 Å². The van der Waals surface area contributed by atoms with Crippen molar-refractivity contribution in [2.24, 2.45) is 11.8 Å². The van der Waals surface area contributed by atoms with E-state index in [0.29, 0.717) is 19.3 Å². The number of aliphatic hydroxyl groups excluding tert-OH is 3. The van der Waals surface area contributed by atoms with Crippen LogP contribution in [-0.4, -0.2) is 57.9 Å². The van der Waals surface area contributed by atoms with Gasteiger partial charge in [-0.3, -0.25) is 4.79 Å². The smallest absolute Gasteiger partial charge is 0.312 e. The van der Waals surface area contributed by atoms with Crippen LogP contribution in [0.1, 0.15) is 59.3 Å². The van der Waals surface area contributed by atoms with Gasteiger partial charge < -0.3 is 24.8 Å². The predicted molar refractivity (Wildman–Crippen MR) is 143 cm³/mol. The molecule has 1 fully saturated rings. The molecule has 0 aromatic rings. The lowest BCUT2D eigenvalue weighted by Crippen LogP contribution is -2.44. The van der Waals surface area contributed by atoms with Gasteiger partial charge in [-0.15, -0.1) is 0 Å². The standard InChI is InChI=1S/C30H44O6/c1-20(2)11-10-12-21(3)19-23(5)29-28(33)27-18-17-24(35-27)14-7-9-16-26(32)25(31)15-8-6-13-22(4)30(34)36-29/h6,8-10,12-13,15-16,22-29,31-33H,1,3,7,11,14,17-19H2,2,4-5H3/b12-10+,13-6+,15-8+,16-9-/t22-,23+,24-,25-,26+,27-,28+,29+/m0/s1. The zero-order valence-corrected chi connectivity index (χ0v) is 22.0. The largest absolute Gasteiger partial charge is 0.459 e. The fraction of sp³-hybridized carbons (Fsp3) is 0.567. The third-order valence-electron chi connectivity index (χ3n) is 6.60. The van der Waals surface area contributed by atoms with Crippen LogP contribution in [0.2, 0.25) is 0 Å². The van der Waals surface area contributed by atoms with Crippen molar-refractivity contribution >= 4 is 5.97 Å². The number of ether oxygens (including phenoxy) is 2. The molecule has 200 valence electrons. The fourth-order valence-electron chi connectivity index (χ4n) is 4.43. The van der Waals surface area contributed by atoms with Crippen LogP contribution in [0.25, 0.3) is 0 Å². The Morgan fingerprint density at radius 3 is 2.53 bits per heavy atom. The third-order valence-corrected chi connectivity index (χ3v) is 6.60. The Morgan fingerprint density at radius 1 is 1.11 bits per heavy atom. The van der Waals surface area contributed by atoms with Gasteiger partial charge in [0, 0.05) is 0 Å². The van der Waals surface area contributed by atoms with Gasteiger partial charge in [0.1, 0.15) is 24.4 Å². The summed E-state index contributed by atoms with van der Waals surface area (Å²) in [6.07, 6.45) is 13.8. The molecule has 6 nitrogen and oxygen atoms in total. The maximum atomic E-state index is 12.9. The molecule has 2 bridgehead atoms. The molecule has 8 atom stereocenters. The first-order valence-electron chi connectivity index (χ1n) is 13.0. The minimum atomic E-state index is -1.04. The molecule has 0 unspecified atom stereocenters. The van der Waals surface area contributed by atoms with E-state index in [1.807, 2.05) is 32.1 Å². The maximum absolute atomic E-state index is 12.9. The summed E-state index contributed by atoms with van der Waals surface area (Å²) >= 11 is 0. The molecule has 0 saturated carbocycles. The number of cyclic esters (lactones) is 1. The number of fused-ring (bicyclic) bond motifs is 2. The Balaban J connectivity index is 2.21. The number of carbonyl (C=O) groups is 1. The van der Waals surface area contributed by atoms with Crippen molar-refractivity contribution in [1.29, 1.82) is 0 Å². The molecule has 0 aromatic carbocycles. The van der Waals surface area contributed by atoms with E-state index >= 15 is 0 Å². The van der Waals surface area contributed by atoms with E-state index in [2.05, 4.69) is 13.2 Å². The highest BCUT2D eigenvalue weighted by molar-refractivity contribution is 5.74. The maximum Gasteiger partial charge on any atom is 0.312 e. The summed E-state index contributed by atoms with van der Waals surface area (Å²) in [5.41, 5.74) is 1.95. The van der Waals surface area contributed by atoms with Crippen LogP contribution < -0.4 is 0 Å². The Kier molecular flexibility index (Phi) is 12.6. The number of carbonyl (C=O) groups excluding carboxylic acids is 1. The second kappa shape index (κ2) is 15.1. The van der Waals surface area contributed by atoms with Crippen molar-refractivity contribution in [2.45, 2.75) is 95.9 Å². The molecule has 0 aliphatic carbocycles. The average molecular weight is 501 g/mol. The van der Waals surface area contributed by atoms with Gasteiger partial charge in [-0.1, -0.05) is 79.8 Å². The lowest BCUT2D eigenvalue weighted by atomic mass is 9.89. The lowest BCUT2D eigenvalue weighted by Gasteiger charge is -2.32. The van der Waals surface area contributed by atoms with Crippen molar-refractivity contribution in [2.75, 3.05) is 0 Å². The molecule has 0 radical (unpaired) electrons. The summed E-state index contributed by atoms with van der Waals surface area (Å²) in [4.78, 5) is 12.9. The number of hydrogen-bond donors (Lipinski definition) is 3. The van der Waals surface area contributed by atoms with Gasteiger partial charge in [0.25, 0.3) is 0 Å². The van der Waals surface area contributed by atoms with E-state index in [0.717, 1.165) is 30.4 Å². The summed E-state index contributed by atoms with van der Waals surface area (Å²) in [5.74, 6) is -1.18. The first-order chi connectivity index (χ1) is 17.1. The molecule has 0 spiro atoms. The van der Waals surface area contributed by atoms with Crippen molar-refractivity contribution in [3.05, 3.63) is 72.9 Å². The molecule has 0 aromatic heterocycles. The molecule has 1 saturated heterocycles. The highest BCUT2D eigenvalue weighted by atomic mass is 16.6. The molecule has 0 amide bonds. The highest BCUT2D eigenvalue weighted by Gasteiger charge is 2.39. The quantitative estimate of drug-likeness (QED) is 0.277. The first-order valence-corrected chi connectivity index (χ1v) is 13.0. The molecule has 3 N–H and O–H groups in total. The number of esters is 1. The van der Waals surface area contributed by atoms with Gasteiger partial charge in [-0.25, -0.2) is 0 Å². The molecular formula is C30H44O6. The Labute approximate surface area is 216 Å². The van der Waals surface area contributed by atoms with Crippen LogP contribution in [-0.2, 0) is 14.3 Å². The van der Waals surface area contributed by atoms with Crippen LogP contribution >= 0.6 is 0 Å². The van der Waals surface area contributed by atoms with Crippen LogP contribution in [0.3, 0.4) is 0 Å². The second-order valence-corrected chi connectivity index (χ2v) is 10.2. The first kappa shape index (κ1) is 30.0. The van der Waals surface area contributed by atoms with Crippen molar-refractivity contribution in [1.82, 2.24) is 0 Å². The van der Waals surface area contributed by atoms with Crippen LogP contribution in [0.15, 0.2) is 72.9 Å². The lowest BCUT2D eigenvalue weighted by molar-refractivity contribution is -0.170. The normalized spacial score (nSPS) is 35.8. The van der Waals surface area contributed by atoms with Crippen molar-refractivity contribution in [3.63, 3.8) is 0 Å². The molecule has 2 aliphatic heterocycles. The van der Waals surface area contributed by atoms with E-state index in [-0.39, 0.29) is 12.0 Å². The zero-order chi connectivity index (χ0) is 26.7. The Hall–Kier alpha value is -2.25. The topological polar surface area (TPSA) is 96.2 Å². The van der Waals surface area contributed by atoms with E-state index in [1.54, 1.807) is 31.2 Å². The van der Waals surface area contributed by atoms with E-state index in [4.69, 9.17) is 9.47 Å². The minimum Gasteiger partial charge on any atom is -0.459 e. The van der Waals surface area contributed by atoms with Gasteiger partial charge in [0.15, 0.2) is 0 Å². The monoisotopic (exact) mass is 500 g/mol. The van der Waals surface area contributed by atoms with Gasteiger partial charge in [0.2, 0.25) is 0 Å². The van der Waals surface area contributed by atoms with Crippen LogP contribution in [0, 0.1) is 11.8 Å². The molecule has 2 heterocycles. The van der Waals surface area contributed by atoms with Gasteiger partial charge in [-0.05, 0) is 58.3 Å². The van der Waals surface area contributed by atoms with Crippen molar-refractivity contribution in [3.8, 4) is 0 Å². The Morgan fingerprint density at radius 2 is 1.81 bits per heavy atom. The van der Waals surface area contributed by atoms with Gasteiger partial charge in [-0.2, -0.15) is 0 Å². The SMILES string of the molecule is C=C(C)C/C=C/C(=C)C[C@@H](C)[C@H]1OC(=O)[C@@H](C)/C=C/C=C/[C@H](O)[C@H](O)/C=C\CC[C@H]2CC[C@H](O2)[C@H]1O. The summed E-state index contributed by atoms with van der Waals surface area (Å²) in [5, 5.41) is 31.5. The number of aliphatic hydroxyl groups is 3. The molecule has 2 aliphatic rings. The molecular weight excluding hydrogens is 456 g/mol. The Bertz CT molecular complexity index is 854. The predicted octanol–water partition coefficient (Wildman–Crippen LogP) is 4.73. The second-order valence-electron chi connectivity index (χ2n) is 10.2. The summed E-state index contributed by atoms with van der Waals surface area (Å²) in [7, 11) is 0. The molecule has 6 heteroatoms. The highest BCUT2D eigenvalue weighted by Crippen LogP contribution is 2.31. The van der Waals surface area contributed by atoms with E-state index < -0.39 is 42.4 Å². The number of hydrogen-bond acceptors (Lipinski definition) is 6.